The van der Waals surface area contributed by atoms with E-state index < -0.39 is 33.8 Å². The zero-order valence-electron chi connectivity index (χ0n) is 19.3. The van der Waals surface area contributed by atoms with Crippen molar-refractivity contribution in [3.63, 3.8) is 0 Å². The standard InChI is InChI=1S/C25H21F3N4O4S/c26-25(27,28)22-11-10-19(30-31-22)17-7-3-5-16(13-17)15-29-24(33)20-8-4-12-32(20)37(34,35)23-14-18-6-1-2-9-21(18)36-23/h1-3,5-7,9-11,13-14,20H,4,8,12,15H2,(H,29,33)/t20-/m0/s1. The van der Waals surface area contributed by atoms with Gasteiger partial charge in [-0.25, -0.2) is 8.42 Å². The number of hydrogen-bond donors (Lipinski definition) is 1. The number of rotatable bonds is 6. The fourth-order valence-electron chi connectivity index (χ4n) is 4.28. The Morgan fingerprint density at radius 1 is 1.05 bits per heavy atom. The lowest BCUT2D eigenvalue weighted by Crippen LogP contribution is -2.45. The molecule has 0 radical (unpaired) electrons. The number of carbonyl (C=O) groups is 1. The van der Waals surface area contributed by atoms with Crippen molar-refractivity contribution in [3.8, 4) is 11.3 Å². The molecule has 3 heterocycles. The van der Waals surface area contributed by atoms with Crippen molar-refractivity contribution < 1.29 is 30.8 Å². The maximum absolute atomic E-state index is 13.2. The highest BCUT2D eigenvalue weighted by Crippen LogP contribution is 2.31. The van der Waals surface area contributed by atoms with E-state index in [1.165, 1.54) is 12.1 Å². The maximum Gasteiger partial charge on any atom is 0.435 e. The summed E-state index contributed by atoms with van der Waals surface area (Å²) in [5.74, 6) is -0.447. The average Bonchev–Trinajstić information content (AvgIpc) is 3.55. The third kappa shape index (κ3) is 5.07. The third-order valence-electron chi connectivity index (χ3n) is 6.12. The number of para-hydroxylation sites is 1. The summed E-state index contributed by atoms with van der Waals surface area (Å²) in [7, 11) is -4.02. The van der Waals surface area contributed by atoms with E-state index in [2.05, 4.69) is 15.5 Å². The van der Waals surface area contributed by atoms with Crippen LogP contribution in [-0.4, -0.2) is 41.4 Å². The summed E-state index contributed by atoms with van der Waals surface area (Å²) in [4.78, 5) is 13.0. The number of fused-ring (bicyclic) bond motifs is 1. The number of carbonyl (C=O) groups excluding carboxylic acids is 1. The van der Waals surface area contributed by atoms with Crippen LogP contribution in [0.4, 0.5) is 13.2 Å². The summed E-state index contributed by atoms with van der Waals surface area (Å²) in [6.45, 7) is 0.287. The molecular weight excluding hydrogens is 509 g/mol. The molecule has 1 amide bonds. The lowest BCUT2D eigenvalue weighted by molar-refractivity contribution is -0.141. The van der Waals surface area contributed by atoms with Gasteiger partial charge in [0.2, 0.25) is 11.0 Å². The van der Waals surface area contributed by atoms with Gasteiger partial charge in [-0.1, -0.05) is 36.4 Å². The Morgan fingerprint density at radius 2 is 1.86 bits per heavy atom. The van der Waals surface area contributed by atoms with E-state index in [-0.39, 0.29) is 23.9 Å². The predicted molar refractivity (Wildman–Crippen MR) is 127 cm³/mol. The first-order chi connectivity index (χ1) is 17.6. The molecule has 1 atom stereocenters. The average molecular weight is 531 g/mol. The van der Waals surface area contributed by atoms with Gasteiger partial charge in [-0.3, -0.25) is 4.79 Å². The van der Waals surface area contributed by atoms with Crippen molar-refractivity contribution in [2.24, 2.45) is 0 Å². The molecule has 0 saturated carbocycles. The lowest BCUT2D eigenvalue weighted by atomic mass is 10.1. The third-order valence-corrected chi connectivity index (χ3v) is 7.88. The predicted octanol–water partition coefficient (Wildman–Crippen LogP) is 4.38. The van der Waals surface area contributed by atoms with Crippen molar-refractivity contribution in [1.82, 2.24) is 19.8 Å². The van der Waals surface area contributed by atoms with Gasteiger partial charge in [0.05, 0.1) is 5.69 Å². The van der Waals surface area contributed by atoms with Crippen molar-refractivity contribution >= 4 is 26.9 Å². The Balaban J connectivity index is 1.28. The smallest absolute Gasteiger partial charge is 0.435 e. The molecule has 4 aromatic rings. The normalized spacial score (nSPS) is 16.8. The topological polar surface area (TPSA) is 105 Å². The second-order valence-electron chi connectivity index (χ2n) is 8.60. The monoisotopic (exact) mass is 530 g/mol. The van der Waals surface area contributed by atoms with Gasteiger partial charge in [0.25, 0.3) is 10.0 Å². The Labute approximate surface area is 210 Å². The molecule has 0 bridgehead atoms. The van der Waals surface area contributed by atoms with Gasteiger partial charge < -0.3 is 9.73 Å². The minimum atomic E-state index is -4.58. The van der Waals surface area contributed by atoms with E-state index in [4.69, 9.17) is 4.42 Å². The van der Waals surface area contributed by atoms with Crippen LogP contribution in [0.2, 0.25) is 0 Å². The molecule has 37 heavy (non-hydrogen) atoms. The quantitative estimate of drug-likeness (QED) is 0.397. The molecule has 0 unspecified atom stereocenters. The van der Waals surface area contributed by atoms with E-state index in [0.29, 0.717) is 34.9 Å². The Morgan fingerprint density at radius 3 is 2.59 bits per heavy atom. The molecule has 1 aliphatic heterocycles. The molecule has 5 rings (SSSR count). The van der Waals surface area contributed by atoms with Gasteiger partial charge in [0.1, 0.15) is 11.6 Å². The van der Waals surface area contributed by atoms with Crippen LogP contribution < -0.4 is 5.32 Å². The molecular formula is C25H21F3N4O4S. The number of benzene rings is 2. The molecule has 8 nitrogen and oxygen atoms in total. The van der Waals surface area contributed by atoms with E-state index in [9.17, 15) is 26.4 Å². The van der Waals surface area contributed by atoms with Crippen LogP contribution in [0.15, 0.2) is 76.2 Å². The van der Waals surface area contributed by atoms with Gasteiger partial charge >= 0.3 is 6.18 Å². The van der Waals surface area contributed by atoms with E-state index in [0.717, 1.165) is 10.4 Å². The van der Waals surface area contributed by atoms with Gasteiger partial charge in [-0.2, -0.15) is 17.5 Å². The van der Waals surface area contributed by atoms with Crippen LogP contribution in [0.1, 0.15) is 24.1 Å². The lowest BCUT2D eigenvalue weighted by Gasteiger charge is -2.22. The Bertz CT molecular complexity index is 1520. The van der Waals surface area contributed by atoms with Crippen molar-refractivity contribution in [2.45, 2.75) is 36.7 Å². The fraction of sp³-hybridized carbons (Fsp3) is 0.240. The summed E-state index contributed by atoms with van der Waals surface area (Å²) < 4.78 is 71.5. The van der Waals surface area contributed by atoms with Crippen molar-refractivity contribution in [1.29, 1.82) is 0 Å². The fourth-order valence-corrected chi connectivity index (χ4v) is 5.88. The number of furan rings is 1. The van der Waals surface area contributed by atoms with Crippen molar-refractivity contribution in [3.05, 3.63) is 78.0 Å². The van der Waals surface area contributed by atoms with Crippen molar-refractivity contribution in [2.75, 3.05) is 6.54 Å². The number of hydrogen-bond acceptors (Lipinski definition) is 6. The highest BCUT2D eigenvalue weighted by atomic mass is 32.2. The van der Waals surface area contributed by atoms with Gasteiger partial charge in [-0.05, 0) is 42.7 Å². The van der Waals surface area contributed by atoms with Gasteiger partial charge in [0.15, 0.2) is 5.69 Å². The molecule has 2 aromatic heterocycles. The van der Waals surface area contributed by atoms with Crippen LogP contribution in [0.25, 0.3) is 22.2 Å². The second-order valence-corrected chi connectivity index (χ2v) is 10.4. The Hall–Kier alpha value is -3.77. The highest BCUT2D eigenvalue weighted by molar-refractivity contribution is 7.89. The zero-order valence-corrected chi connectivity index (χ0v) is 20.1. The minimum Gasteiger partial charge on any atom is -0.443 e. The van der Waals surface area contributed by atoms with Crippen LogP contribution in [0, 0.1) is 0 Å². The summed E-state index contributed by atoms with van der Waals surface area (Å²) in [6, 6.07) is 16.4. The molecule has 2 aromatic carbocycles. The molecule has 12 heteroatoms. The van der Waals surface area contributed by atoms with Gasteiger partial charge in [-0.15, -0.1) is 10.2 Å². The summed E-state index contributed by atoms with van der Waals surface area (Å²) >= 11 is 0. The van der Waals surface area contributed by atoms with Crippen LogP contribution in [0.5, 0.6) is 0 Å². The summed E-state index contributed by atoms with van der Waals surface area (Å²) in [5, 5.41) is 10.1. The molecule has 1 fully saturated rings. The SMILES string of the molecule is O=C(NCc1cccc(-c2ccc(C(F)(F)F)nn2)c1)[C@@H]1CCCN1S(=O)(=O)c1cc2ccccc2o1. The maximum atomic E-state index is 13.2. The molecule has 1 N–H and O–H groups in total. The number of aromatic nitrogens is 2. The number of nitrogens with one attached hydrogen (secondary N) is 1. The van der Waals surface area contributed by atoms with Crippen LogP contribution >= 0.6 is 0 Å². The molecule has 192 valence electrons. The number of sulfonamides is 1. The molecule has 0 aliphatic carbocycles. The van der Waals surface area contributed by atoms with E-state index in [1.807, 2.05) is 0 Å². The number of alkyl halides is 3. The first-order valence-corrected chi connectivity index (χ1v) is 12.9. The molecule has 1 aliphatic rings. The molecule has 1 saturated heterocycles. The number of nitrogens with zero attached hydrogens (tertiary/aromatic N) is 3. The van der Waals surface area contributed by atoms with Gasteiger partial charge in [0, 0.05) is 30.1 Å². The first-order valence-electron chi connectivity index (χ1n) is 11.4. The second kappa shape index (κ2) is 9.60. The first kappa shape index (κ1) is 24.9. The number of halogens is 3. The summed E-state index contributed by atoms with van der Waals surface area (Å²) in [6.07, 6.45) is -3.68. The largest absolute Gasteiger partial charge is 0.443 e. The Kier molecular flexibility index (Phi) is 6.46. The highest BCUT2D eigenvalue weighted by Gasteiger charge is 2.41. The van der Waals surface area contributed by atoms with Crippen LogP contribution in [-0.2, 0) is 27.5 Å². The molecule has 0 spiro atoms. The van der Waals surface area contributed by atoms with Crippen LogP contribution in [0.3, 0.4) is 0 Å². The minimum absolute atomic E-state index is 0.0930. The van der Waals surface area contributed by atoms with E-state index >= 15 is 0 Å². The van der Waals surface area contributed by atoms with E-state index in [1.54, 1.807) is 48.5 Å². The summed E-state index contributed by atoms with van der Waals surface area (Å²) in [5.41, 5.74) is 0.803. The number of amides is 1. The zero-order chi connectivity index (χ0) is 26.2.